The molecule has 1 amide bonds. The van der Waals surface area contributed by atoms with Gasteiger partial charge in [-0.25, -0.2) is 4.79 Å². The van der Waals surface area contributed by atoms with E-state index in [2.05, 4.69) is 6.07 Å². The summed E-state index contributed by atoms with van der Waals surface area (Å²) in [5, 5.41) is 20.3. The highest BCUT2D eigenvalue weighted by molar-refractivity contribution is 6.32. The van der Waals surface area contributed by atoms with Crippen molar-refractivity contribution < 1.29 is 28.8 Å². The minimum absolute atomic E-state index is 0.0550. The SMILES string of the molecule is COCOc1ccc(C#N)cc1/C=C/C(O)Cc1cc(OC2CCN(C(=O)OC(C)(C)C)CC2)c(Cl)cc1N. The number of hydrogen-bond acceptors (Lipinski definition) is 8. The summed E-state index contributed by atoms with van der Waals surface area (Å²) < 4.78 is 22.1. The molecule has 0 radical (unpaired) electrons. The Morgan fingerprint density at radius 2 is 1.97 bits per heavy atom. The normalized spacial score (nSPS) is 15.2. The number of hydrogen-bond donors (Lipinski definition) is 2. The molecular weight excluding hydrogens is 522 g/mol. The van der Waals surface area contributed by atoms with E-state index in [0.717, 1.165) is 0 Å². The molecule has 0 aliphatic carbocycles. The molecule has 1 fully saturated rings. The van der Waals surface area contributed by atoms with Crippen molar-refractivity contribution >= 4 is 29.5 Å². The Bertz CT molecular complexity index is 1210. The average molecular weight is 558 g/mol. The van der Waals surface area contributed by atoms with Crippen LogP contribution in [0.15, 0.2) is 36.4 Å². The molecule has 1 heterocycles. The summed E-state index contributed by atoms with van der Waals surface area (Å²) in [6, 6.07) is 10.5. The Kier molecular flexibility index (Phi) is 10.5. The summed E-state index contributed by atoms with van der Waals surface area (Å²) >= 11 is 6.42. The van der Waals surface area contributed by atoms with Gasteiger partial charge in [0, 0.05) is 50.7 Å². The van der Waals surface area contributed by atoms with Crippen molar-refractivity contribution in [3.05, 3.63) is 58.1 Å². The molecule has 0 spiro atoms. The standard InChI is InChI=1S/C29H36ClN3O6/c1-29(2,3)39-28(35)33-11-9-23(10-12-33)38-27-15-21(25(32)16-24(27)30)14-22(34)7-6-20-13-19(17-31)5-8-26(20)37-18-36-4/h5-8,13,15-16,22-23,34H,9-12,14,18,32H2,1-4H3/b7-6+. The molecule has 0 aromatic heterocycles. The maximum atomic E-state index is 12.3. The number of nitrogens with zero attached hydrogens (tertiary/aromatic N) is 2. The molecule has 1 aliphatic rings. The third-order valence-corrected chi connectivity index (χ3v) is 6.27. The van der Waals surface area contributed by atoms with Crippen LogP contribution in [0.5, 0.6) is 11.5 Å². The smallest absolute Gasteiger partial charge is 0.410 e. The molecule has 2 aromatic carbocycles. The maximum absolute atomic E-state index is 12.3. The highest BCUT2D eigenvalue weighted by Gasteiger charge is 2.28. The summed E-state index contributed by atoms with van der Waals surface area (Å²) in [6.45, 7) is 6.62. The van der Waals surface area contributed by atoms with Crippen molar-refractivity contribution in [3.8, 4) is 17.6 Å². The first kappa shape index (κ1) is 30.1. The number of carbonyl (C=O) groups excluding carboxylic acids is 1. The number of nitrogen functional groups attached to an aromatic ring is 1. The molecule has 3 N–H and O–H groups in total. The van der Waals surface area contributed by atoms with E-state index >= 15 is 0 Å². The number of nitriles is 1. The third kappa shape index (κ3) is 9.06. The minimum atomic E-state index is -0.876. The summed E-state index contributed by atoms with van der Waals surface area (Å²) in [6.07, 6.45) is 3.47. The van der Waals surface area contributed by atoms with Crippen LogP contribution in [0.1, 0.15) is 50.3 Å². The number of amides is 1. The van der Waals surface area contributed by atoms with E-state index in [1.165, 1.54) is 7.11 Å². The van der Waals surface area contributed by atoms with Gasteiger partial charge in [0.05, 0.1) is 22.8 Å². The Balaban J connectivity index is 1.65. The molecule has 9 nitrogen and oxygen atoms in total. The van der Waals surface area contributed by atoms with Gasteiger partial charge in [-0.1, -0.05) is 23.8 Å². The number of anilines is 1. The van der Waals surface area contributed by atoms with Crippen LogP contribution in [0, 0.1) is 11.3 Å². The van der Waals surface area contributed by atoms with Crippen molar-refractivity contribution in [1.29, 1.82) is 5.26 Å². The van der Waals surface area contributed by atoms with Gasteiger partial charge in [-0.2, -0.15) is 5.26 Å². The van der Waals surface area contributed by atoms with Crippen LogP contribution in [0.25, 0.3) is 6.08 Å². The van der Waals surface area contributed by atoms with Crippen LogP contribution < -0.4 is 15.2 Å². The zero-order chi connectivity index (χ0) is 28.6. The number of carbonyl (C=O) groups is 1. The van der Waals surface area contributed by atoms with E-state index in [1.807, 2.05) is 20.8 Å². The zero-order valence-corrected chi connectivity index (χ0v) is 23.5. The number of ether oxygens (including phenoxy) is 4. The first-order chi connectivity index (χ1) is 18.5. The van der Waals surface area contributed by atoms with Gasteiger partial charge in [0.2, 0.25) is 0 Å². The van der Waals surface area contributed by atoms with Crippen molar-refractivity contribution in [3.63, 3.8) is 0 Å². The Morgan fingerprint density at radius 3 is 2.62 bits per heavy atom. The summed E-state index contributed by atoms with van der Waals surface area (Å²) in [7, 11) is 1.52. The lowest BCUT2D eigenvalue weighted by atomic mass is 10.0. The largest absolute Gasteiger partial charge is 0.489 e. The highest BCUT2D eigenvalue weighted by atomic mass is 35.5. The molecule has 3 rings (SSSR count). The van der Waals surface area contributed by atoms with Crippen LogP contribution in [0.4, 0.5) is 10.5 Å². The predicted octanol–water partition coefficient (Wildman–Crippen LogP) is 5.17. The van der Waals surface area contributed by atoms with Gasteiger partial charge in [-0.15, -0.1) is 0 Å². The molecule has 10 heteroatoms. The second-order valence-electron chi connectivity index (χ2n) is 10.3. The lowest BCUT2D eigenvalue weighted by Crippen LogP contribution is -2.44. The lowest BCUT2D eigenvalue weighted by molar-refractivity contribution is 0.0126. The van der Waals surface area contributed by atoms with Crippen LogP contribution in [0.2, 0.25) is 5.02 Å². The second kappa shape index (κ2) is 13.6. The Morgan fingerprint density at radius 1 is 1.26 bits per heavy atom. The number of aliphatic hydroxyl groups is 1. The number of rotatable bonds is 9. The van der Waals surface area contributed by atoms with Crippen LogP contribution in [0.3, 0.4) is 0 Å². The summed E-state index contributed by atoms with van der Waals surface area (Å²) in [5.41, 5.74) is 7.87. The number of nitrogens with two attached hydrogens (primary N) is 1. The van der Waals surface area contributed by atoms with Gasteiger partial charge in [0.25, 0.3) is 0 Å². The number of piperidine rings is 1. The van der Waals surface area contributed by atoms with E-state index in [1.54, 1.807) is 47.4 Å². The fourth-order valence-electron chi connectivity index (χ4n) is 4.05. The van der Waals surface area contributed by atoms with Crippen molar-refractivity contribution in [2.45, 2.75) is 57.8 Å². The third-order valence-electron chi connectivity index (χ3n) is 5.98. The van der Waals surface area contributed by atoms with Crippen molar-refractivity contribution in [2.24, 2.45) is 0 Å². The molecule has 39 heavy (non-hydrogen) atoms. The quantitative estimate of drug-likeness (QED) is 0.319. The molecular formula is C29H36ClN3O6. The van der Waals surface area contributed by atoms with Crippen LogP contribution in [-0.4, -0.2) is 60.9 Å². The molecule has 1 atom stereocenters. The molecule has 0 bridgehead atoms. The second-order valence-corrected chi connectivity index (χ2v) is 10.7. The van der Waals surface area contributed by atoms with E-state index in [9.17, 15) is 15.2 Å². The Hall–Kier alpha value is -3.45. The van der Waals surface area contributed by atoms with Crippen molar-refractivity contribution in [2.75, 3.05) is 32.7 Å². The van der Waals surface area contributed by atoms with Gasteiger partial charge in [-0.05, 0) is 56.7 Å². The van der Waals surface area contributed by atoms with Gasteiger partial charge in [-0.3, -0.25) is 0 Å². The average Bonchev–Trinajstić information content (AvgIpc) is 2.88. The van der Waals surface area contributed by atoms with Crippen LogP contribution >= 0.6 is 11.6 Å². The monoisotopic (exact) mass is 557 g/mol. The zero-order valence-electron chi connectivity index (χ0n) is 22.8. The number of likely N-dealkylation sites (tertiary alicyclic amines) is 1. The molecule has 2 aromatic rings. The van der Waals surface area contributed by atoms with Gasteiger partial charge in [0.1, 0.15) is 23.2 Å². The Labute approximate surface area is 234 Å². The van der Waals surface area contributed by atoms with Crippen LogP contribution in [-0.2, 0) is 15.9 Å². The van der Waals surface area contributed by atoms with E-state index < -0.39 is 11.7 Å². The summed E-state index contributed by atoms with van der Waals surface area (Å²) in [4.78, 5) is 14.0. The summed E-state index contributed by atoms with van der Waals surface area (Å²) in [5.74, 6) is 1.00. The number of halogens is 1. The van der Waals surface area contributed by atoms with Crippen molar-refractivity contribution in [1.82, 2.24) is 4.90 Å². The van der Waals surface area contributed by atoms with E-state index in [-0.39, 0.29) is 25.4 Å². The molecule has 1 unspecified atom stereocenters. The van der Waals surface area contributed by atoms with E-state index in [0.29, 0.717) is 64.8 Å². The molecule has 1 aliphatic heterocycles. The minimum Gasteiger partial charge on any atom is -0.489 e. The molecule has 1 saturated heterocycles. The molecule has 210 valence electrons. The van der Waals surface area contributed by atoms with Gasteiger partial charge >= 0.3 is 6.09 Å². The van der Waals surface area contributed by atoms with E-state index in [4.69, 9.17) is 36.3 Å². The predicted molar refractivity (Wildman–Crippen MR) is 150 cm³/mol. The molecule has 0 saturated carbocycles. The van der Waals surface area contributed by atoms with Gasteiger partial charge in [0.15, 0.2) is 6.79 Å². The number of aliphatic hydroxyl groups excluding tert-OH is 1. The maximum Gasteiger partial charge on any atom is 0.410 e. The highest BCUT2D eigenvalue weighted by Crippen LogP contribution is 2.33. The first-order valence-electron chi connectivity index (χ1n) is 12.7. The fourth-order valence-corrected chi connectivity index (χ4v) is 4.27. The van der Waals surface area contributed by atoms with Gasteiger partial charge < -0.3 is 34.7 Å². The lowest BCUT2D eigenvalue weighted by Gasteiger charge is -2.33. The first-order valence-corrected chi connectivity index (χ1v) is 13.1. The number of methoxy groups -OCH3 is 1. The number of benzene rings is 2. The topological polar surface area (TPSA) is 127 Å². The fraction of sp³-hybridized carbons (Fsp3) is 0.448.